The van der Waals surface area contributed by atoms with Crippen molar-refractivity contribution in [3.63, 3.8) is 0 Å². The highest BCUT2D eigenvalue weighted by Gasteiger charge is 2.05. The summed E-state index contributed by atoms with van der Waals surface area (Å²) in [5.74, 6) is 1.14. The highest BCUT2D eigenvalue weighted by atomic mass is 79.9. The number of anilines is 2. The van der Waals surface area contributed by atoms with Crippen LogP contribution in [0.25, 0.3) is 0 Å². The maximum absolute atomic E-state index is 5.97. The number of hydrogen-bond acceptors (Lipinski definition) is 4. The molecule has 4 nitrogen and oxygen atoms in total. The molecule has 1 N–H and O–H groups in total. The maximum Gasteiger partial charge on any atom is 0.158 e. The summed E-state index contributed by atoms with van der Waals surface area (Å²) in [7, 11) is 0. The number of hydrogen-bond donors (Lipinski definition) is 1. The molecular formula is C13H12BrCl2N3O. The Balaban J connectivity index is 2.19. The Hall–Kier alpha value is -0.880. The van der Waals surface area contributed by atoms with Crippen LogP contribution >= 0.6 is 39.1 Å². The highest BCUT2D eigenvalue weighted by molar-refractivity contribution is 9.10. The average Bonchev–Trinajstić information content (AvgIpc) is 2.40. The van der Waals surface area contributed by atoms with E-state index in [0.717, 1.165) is 10.2 Å². The maximum atomic E-state index is 5.97. The Labute approximate surface area is 135 Å². The van der Waals surface area contributed by atoms with Crippen molar-refractivity contribution in [3.8, 4) is 0 Å². The first-order chi connectivity index (χ1) is 9.58. The molecule has 2 rings (SSSR count). The van der Waals surface area contributed by atoms with Crippen LogP contribution in [0.15, 0.2) is 28.7 Å². The lowest BCUT2D eigenvalue weighted by Gasteiger charge is -2.09. The van der Waals surface area contributed by atoms with Crippen molar-refractivity contribution < 1.29 is 4.74 Å². The zero-order chi connectivity index (χ0) is 14.5. The predicted molar refractivity (Wildman–Crippen MR) is 84.8 cm³/mol. The normalized spacial score (nSPS) is 10.6. The number of benzene rings is 1. The van der Waals surface area contributed by atoms with Crippen molar-refractivity contribution in [2.24, 2.45) is 0 Å². The molecule has 0 spiro atoms. The van der Waals surface area contributed by atoms with Crippen molar-refractivity contribution in [2.75, 3.05) is 11.9 Å². The first-order valence-corrected chi connectivity index (χ1v) is 7.46. The third-order valence-electron chi connectivity index (χ3n) is 2.37. The van der Waals surface area contributed by atoms with Gasteiger partial charge in [0.2, 0.25) is 0 Å². The van der Waals surface area contributed by atoms with Crippen molar-refractivity contribution in [1.29, 1.82) is 0 Å². The molecule has 106 valence electrons. The van der Waals surface area contributed by atoms with Gasteiger partial charge >= 0.3 is 0 Å². The van der Waals surface area contributed by atoms with E-state index in [1.165, 1.54) is 0 Å². The molecule has 2 aromatic rings. The molecule has 0 fully saturated rings. The van der Waals surface area contributed by atoms with Gasteiger partial charge in [0.25, 0.3) is 0 Å². The first-order valence-electron chi connectivity index (χ1n) is 5.91. The van der Waals surface area contributed by atoms with Crippen LogP contribution in [-0.2, 0) is 11.3 Å². The average molecular weight is 377 g/mol. The van der Waals surface area contributed by atoms with Crippen LogP contribution in [0, 0.1) is 0 Å². The highest BCUT2D eigenvalue weighted by Crippen LogP contribution is 2.27. The number of aromatic nitrogens is 2. The molecule has 20 heavy (non-hydrogen) atoms. The molecule has 1 aromatic carbocycles. The monoisotopic (exact) mass is 375 g/mol. The molecule has 1 aromatic heterocycles. The Morgan fingerprint density at radius 2 is 2.05 bits per heavy atom. The zero-order valence-electron chi connectivity index (χ0n) is 10.7. The Morgan fingerprint density at radius 1 is 1.25 bits per heavy atom. The van der Waals surface area contributed by atoms with Crippen molar-refractivity contribution in [1.82, 2.24) is 9.97 Å². The molecule has 0 atom stereocenters. The van der Waals surface area contributed by atoms with Crippen LogP contribution in [-0.4, -0.2) is 16.6 Å². The minimum Gasteiger partial charge on any atom is -0.374 e. The van der Waals surface area contributed by atoms with E-state index in [4.69, 9.17) is 27.9 Å². The van der Waals surface area contributed by atoms with E-state index < -0.39 is 0 Å². The first kappa shape index (κ1) is 15.5. The van der Waals surface area contributed by atoms with E-state index >= 15 is 0 Å². The lowest BCUT2D eigenvalue weighted by molar-refractivity contribution is 0.128. The third kappa shape index (κ3) is 4.31. The summed E-state index contributed by atoms with van der Waals surface area (Å²) in [4.78, 5) is 8.44. The van der Waals surface area contributed by atoms with Crippen molar-refractivity contribution in [2.45, 2.75) is 13.5 Å². The quantitative estimate of drug-likeness (QED) is 0.759. The number of nitrogens with one attached hydrogen (secondary N) is 1. The molecule has 7 heteroatoms. The van der Waals surface area contributed by atoms with Gasteiger partial charge in [-0.3, -0.25) is 0 Å². The second kappa shape index (κ2) is 7.22. The number of rotatable bonds is 5. The Kier molecular flexibility index (Phi) is 5.60. The lowest BCUT2D eigenvalue weighted by atomic mass is 10.3. The van der Waals surface area contributed by atoms with Gasteiger partial charge in [0.15, 0.2) is 5.82 Å². The SMILES string of the molecule is CCOCc1nc(Cl)cc(Nc2ccc(Cl)c(Br)c2)n1. The molecule has 0 radical (unpaired) electrons. The van der Waals surface area contributed by atoms with Gasteiger partial charge in [0, 0.05) is 22.8 Å². The van der Waals surface area contributed by atoms with Crippen LogP contribution in [0.4, 0.5) is 11.5 Å². The molecule has 0 unspecified atom stereocenters. The van der Waals surface area contributed by atoms with Crippen LogP contribution in [0.5, 0.6) is 0 Å². The number of halogens is 3. The molecular weight excluding hydrogens is 365 g/mol. The zero-order valence-corrected chi connectivity index (χ0v) is 13.8. The summed E-state index contributed by atoms with van der Waals surface area (Å²) in [6.45, 7) is 2.84. The fourth-order valence-corrected chi connectivity index (χ4v) is 2.21. The van der Waals surface area contributed by atoms with E-state index in [1.807, 2.05) is 19.1 Å². The molecule has 1 heterocycles. The molecule has 0 aliphatic rings. The predicted octanol–water partition coefficient (Wildman–Crippen LogP) is 4.83. The molecule has 0 amide bonds. The summed E-state index contributed by atoms with van der Waals surface area (Å²) in [6, 6.07) is 7.16. The summed E-state index contributed by atoms with van der Waals surface area (Å²) in [5.41, 5.74) is 0.846. The van der Waals surface area contributed by atoms with Crippen molar-refractivity contribution in [3.05, 3.63) is 44.7 Å². The smallest absolute Gasteiger partial charge is 0.158 e. The van der Waals surface area contributed by atoms with E-state index in [0.29, 0.717) is 35.0 Å². The van der Waals surface area contributed by atoms with Crippen LogP contribution in [0.1, 0.15) is 12.7 Å². The van der Waals surface area contributed by atoms with Crippen LogP contribution in [0.3, 0.4) is 0 Å². The van der Waals surface area contributed by atoms with Crippen LogP contribution in [0.2, 0.25) is 10.2 Å². The lowest BCUT2D eigenvalue weighted by Crippen LogP contribution is -2.02. The van der Waals surface area contributed by atoms with Gasteiger partial charge in [-0.15, -0.1) is 0 Å². The fraction of sp³-hybridized carbons (Fsp3) is 0.231. The van der Waals surface area contributed by atoms with Gasteiger partial charge in [0.1, 0.15) is 17.6 Å². The van der Waals surface area contributed by atoms with E-state index in [2.05, 4.69) is 31.2 Å². The van der Waals surface area contributed by atoms with Gasteiger partial charge in [-0.2, -0.15) is 0 Å². The van der Waals surface area contributed by atoms with Gasteiger partial charge in [-0.1, -0.05) is 23.2 Å². The third-order valence-corrected chi connectivity index (χ3v) is 3.78. The molecule has 0 bridgehead atoms. The molecule has 0 saturated carbocycles. The summed E-state index contributed by atoms with van der Waals surface area (Å²) < 4.78 is 6.08. The Morgan fingerprint density at radius 3 is 2.75 bits per heavy atom. The minimum atomic E-state index is 0.329. The molecule has 0 aliphatic carbocycles. The van der Waals surface area contributed by atoms with Crippen molar-refractivity contribution >= 4 is 50.6 Å². The van der Waals surface area contributed by atoms with Crippen LogP contribution < -0.4 is 5.32 Å². The summed E-state index contributed by atoms with van der Waals surface area (Å²) in [5, 5.41) is 4.16. The second-order valence-corrected chi connectivity index (χ2v) is 5.53. The number of nitrogens with zero attached hydrogens (tertiary/aromatic N) is 2. The second-order valence-electron chi connectivity index (χ2n) is 3.88. The largest absolute Gasteiger partial charge is 0.374 e. The van der Waals surface area contributed by atoms with E-state index in [-0.39, 0.29) is 0 Å². The standard InChI is InChI=1S/C13H12BrCl2N3O/c1-2-20-7-13-18-11(16)6-12(19-13)17-8-3-4-10(15)9(14)5-8/h3-6H,2,7H2,1H3,(H,17,18,19). The Bertz CT molecular complexity index is 610. The van der Waals surface area contributed by atoms with E-state index in [1.54, 1.807) is 12.1 Å². The minimum absolute atomic E-state index is 0.329. The van der Waals surface area contributed by atoms with Gasteiger partial charge in [-0.25, -0.2) is 9.97 Å². The fourth-order valence-electron chi connectivity index (χ4n) is 1.51. The van der Waals surface area contributed by atoms with Gasteiger partial charge in [-0.05, 0) is 41.1 Å². The van der Waals surface area contributed by atoms with Gasteiger partial charge in [0.05, 0.1) is 5.02 Å². The van der Waals surface area contributed by atoms with E-state index in [9.17, 15) is 0 Å². The molecule has 0 saturated heterocycles. The number of ether oxygens (including phenoxy) is 1. The molecule has 0 aliphatic heterocycles. The summed E-state index contributed by atoms with van der Waals surface area (Å²) >= 11 is 15.3. The van der Waals surface area contributed by atoms with Gasteiger partial charge < -0.3 is 10.1 Å². The summed E-state index contributed by atoms with van der Waals surface area (Å²) in [6.07, 6.45) is 0. The topological polar surface area (TPSA) is 47.0 Å².